The number of ether oxygens (including phenoxy) is 1. The first-order chi connectivity index (χ1) is 7.58. The maximum absolute atomic E-state index is 11.7. The molecule has 1 aliphatic rings. The maximum Gasteiger partial charge on any atom is 0.242 e. The zero-order chi connectivity index (χ0) is 12.0. The molecule has 1 unspecified atom stereocenters. The highest BCUT2D eigenvalue weighted by molar-refractivity contribution is 5.87. The van der Waals surface area contributed by atoms with E-state index in [9.17, 15) is 9.59 Å². The van der Waals surface area contributed by atoms with Gasteiger partial charge >= 0.3 is 0 Å². The van der Waals surface area contributed by atoms with Gasteiger partial charge in [0.1, 0.15) is 5.54 Å². The van der Waals surface area contributed by atoms with E-state index in [1.165, 1.54) is 0 Å². The molecule has 6 nitrogen and oxygen atoms in total. The molecule has 2 amide bonds. The molecule has 1 heterocycles. The molecular formula is C10H19N3O3. The van der Waals surface area contributed by atoms with E-state index in [-0.39, 0.29) is 24.8 Å². The molecule has 1 aliphatic heterocycles. The largest absolute Gasteiger partial charge is 0.379 e. The number of hydrogen-bond acceptors (Lipinski definition) is 4. The molecule has 16 heavy (non-hydrogen) atoms. The molecule has 1 atom stereocenters. The summed E-state index contributed by atoms with van der Waals surface area (Å²) in [5.74, 6) is -0.314. The van der Waals surface area contributed by atoms with Gasteiger partial charge in [0, 0.05) is 26.1 Å². The first kappa shape index (κ1) is 12.9. The van der Waals surface area contributed by atoms with Crippen LogP contribution in [0.3, 0.4) is 0 Å². The normalized spacial score (nSPS) is 24.1. The van der Waals surface area contributed by atoms with Crippen LogP contribution in [0.2, 0.25) is 0 Å². The fourth-order valence-corrected chi connectivity index (χ4v) is 1.51. The van der Waals surface area contributed by atoms with Crippen LogP contribution in [0, 0.1) is 0 Å². The zero-order valence-electron chi connectivity index (χ0n) is 9.54. The second-order valence-corrected chi connectivity index (χ2v) is 3.92. The summed E-state index contributed by atoms with van der Waals surface area (Å²) in [5.41, 5.74) is 4.93. The number of hydrogen-bond donors (Lipinski definition) is 3. The smallest absolute Gasteiger partial charge is 0.242 e. The predicted octanol–water partition coefficient (Wildman–Crippen LogP) is -1.25. The standard InChI is InChI=1S/C10H19N3O3/c1-2-12-8(14)3-5-13-9(15)10(11)4-6-16-7-10/h2-7,11H2,1H3,(H,12,14)(H,13,15). The third-order valence-corrected chi connectivity index (χ3v) is 2.52. The summed E-state index contributed by atoms with van der Waals surface area (Å²) in [7, 11) is 0. The third kappa shape index (κ3) is 3.46. The molecule has 0 radical (unpaired) electrons. The lowest BCUT2D eigenvalue weighted by Crippen LogP contribution is -2.54. The van der Waals surface area contributed by atoms with E-state index in [0.29, 0.717) is 26.1 Å². The average Bonchev–Trinajstić information content (AvgIpc) is 2.67. The van der Waals surface area contributed by atoms with E-state index >= 15 is 0 Å². The molecule has 6 heteroatoms. The third-order valence-electron chi connectivity index (χ3n) is 2.52. The van der Waals surface area contributed by atoms with Crippen molar-refractivity contribution in [2.75, 3.05) is 26.3 Å². The number of rotatable bonds is 5. The minimum Gasteiger partial charge on any atom is -0.379 e. The van der Waals surface area contributed by atoms with Crippen molar-refractivity contribution in [1.29, 1.82) is 0 Å². The van der Waals surface area contributed by atoms with Crippen molar-refractivity contribution in [2.45, 2.75) is 25.3 Å². The van der Waals surface area contributed by atoms with Crippen LogP contribution in [-0.4, -0.2) is 43.7 Å². The second-order valence-electron chi connectivity index (χ2n) is 3.92. The molecule has 0 spiro atoms. The van der Waals surface area contributed by atoms with Crippen molar-refractivity contribution >= 4 is 11.8 Å². The van der Waals surface area contributed by atoms with Gasteiger partial charge in [0.2, 0.25) is 11.8 Å². The zero-order valence-corrected chi connectivity index (χ0v) is 9.54. The van der Waals surface area contributed by atoms with Crippen LogP contribution in [0.5, 0.6) is 0 Å². The number of nitrogens with two attached hydrogens (primary N) is 1. The minimum atomic E-state index is -0.915. The molecule has 0 aliphatic carbocycles. The Bertz CT molecular complexity index is 262. The Morgan fingerprint density at radius 3 is 2.75 bits per heavy atom. The summed E-state index contributed by atoms with van der Waals surface area (Å²) in [6.07, 6.45) is 0.802. The van der Waals surface area contributed by atoms with Gasteiger partial charge < -0.3 is 21.1 Å². The summed E-state index contributed by atoms with van der Waals surface area (Å²) in [6, 6.07) is 0. The van der Waals surface area contributed by atoms with Crippen molar-refractivity contribution in [1.82, 2.24) is 10.6 Å². The van der Waals surface area contributed by atoms with Gasteiger partial charge in [-0.05, 0) is 13.3 Å². The fourth-order valence-electron chi connectivity index (χ4n) is 1.51. The Morgan fingerprint density at radius 1 is 1.44 bits per heavy atom. The molecular weight excluding hydrogens is 210 g/mol. The quantitative estimate of drug-likeness (QED) is 0.549. The number of carbonyl (C=O) groups excluding carboxylic acids is 2. The van der Waals surface area contributed by atoms with Crippen LogP contribution in [0.25, 0.3) is 0 Å². The lowest BCUT2D eigenvalue weighted by molar-refractivity contribution is -0.126. The Morgan fingerprint density at radius 2 is 2.19 bits per heavy atom. The van der Waals surface area contributed by atoms with Gasteiger partial charge in [-0.25, -0.2) is 0 Å². The van der Waals surface area contributed by atoms with E-state index in [4.69, 9.17) is 10.5 Å². The molecule has 0 aromatic rings. The van der Waals surface area contributed by atoms with Crippen LogP contribution in [-0.2, 0) is 14.3 Å². The number of amides is 2. The molecule has 92 valence electrons. The summed E-state index contributed by atoms with van der Waals surface area (Å²) >= 11 is 0. The molecule has 0 aromatic carbocycles. The summed E-state index contributed by atoms with van der Waals surface area (Å²) < 4.78 is 5.08. The van der Waals surface area contributed by atoms with Crippen molar-refractivity contribution in [3.63, 3.8) is 0 Å². The average molecular weight is 229 g/mol. The van der Waals surface area contributed by atoms with Gasteiger partial charge in [-0.1, -0.05) is 0 Å². The van der Waals surface area contributed by atoms with Gasteiger partial charge in [0.25, 0.3) is 0 Å². The molecule has 0 aromatic heterocycles. The molecule has 0 bridgehead atoms. The Labute approximate surface area is 94.9 Å². The van der Waals surface area contributed by atoms with Crippen LogP contribution < -0.4 is 16.4 Å². The highest BCUT2D eigenvalue weighted by atomic mass is 16.5. The highest BCUT2D eigenvalue weighted by Crippen LogP contribution is 2.15. The van der Waals surface area contributed by atoms with E-state index < -0.39 is 5.54 Å². The lowest BCUT2D eigenvalue weighted by Gasteiger charge is -2.20. The van der Waals surface area contributed by atoms with Crippen LogP contribution in [0.15, 0.2) is 0 Å². The number of carbonyl (C=O) groups is 2. The molecule has 4 N–H and O–H groups in total. The van der Waals surface area contributed by atoms with E-state index in [2.05, 4.69) is 10.6 Å². The van der Waals surface area contributed by atoms with E-state index in [1.54, 1.807) is 0 Å². The van der Waals surface area contributed by atoms with Crippen molar-refractivity contribution < 1.29 is 14.3 Å². The minimum absolute atomic E-state index is 0.0726. The summed E-state index contributed by atoms with van der Waals surface area (Å²) in [6.45, 7) is 3.52. The van der Waals surface area contributed by atoms with E-state index in [0.717, 1.165) is 0 Å². The van der Waals surface area contributed by atoms with Crippen molar-refractivity contribution in [3.8, 4) is 0 Å². The van der Waals surface area contributed by atoms with Crippen molar-refractivity contribution in [3.05, 3.63) is 0 Å². The van der Waals surface area contributed by atoms with Gasteiger partial charge in [-0.15, -0.1) is 0 Å². The second kappa shape index (κ2) is 5.81. The monoisotopic (exact) mass is 229 g/mol. The predicted molar refractivity (Wildman–Crippen MR) is 58.7 cm³/mol. The first-order valence-corrected chi connectivity index (χ1v) is 5.50. The lowest BCUT2D eigenvalue weighted by atomic mass is 9.99. The van der Waals surface area contributed by atoms with Crippen LogP contribution in [0.4, 0.5) is 0 Å². The van der Waals surface area contributed by atoms with Crippen LogP contribution >= 0.6 is 0 Å². The first-order valence-electron chi connectivity index (χ1n) is 5.50. The highest BCUT2D eigenvalue weighted by Gasteiger charge is 2.37. The van der Waals surface area contributed by atoms with Crippen LogP contribution in [0.1, 0.15) is 19.8 Å². The summed E-state index contributed by atoms with van der Waals surface area (Å²) in [4.78, 5) is 22.8. The topological polar surface area (TPSA) is 93.5 Å². The van der Waals surface area contributed by atoms with Gasteiger partial charge in [-0.3, -0.25) is 9.59 Å². The summed E-state index contributed by atoms with van der Waals surface area (Å²) in [5, 5.41) is 5.30. The van der Waals surface area contributed by atoms with Gasteiger partial charge in [-0.2, -0.15) is 0 Å². The molecule has 1 rings (SSSR count). The SMILES string of the molecule is CCNC(=O)CCNC(=O)C1(N)CCOC1. The molecule has 1 saturated heterocycles. The maximum atomic E-state index is 11.7. The Balaban J connectivity index is 2.22. The van der Waals surface area contributed by atoms with E-state index in [1.807, 2.05) is 6.92 Å². The van der Waals surface area contributed by atoms with Gasteiger partial charge in [0.05, 0.1) is 6.61 Å². The van der Waals surface area contributed by atoms with Crippen molar-refractivity contribution in [2.24, 2.45) is 5.73 Å². The Hall–Kier alpha value is -1.14. The molecule has 1 fully saturated rings. The van der Waals surface area contributed by atoms with Gasteiger partial charge in [0.15, 0.2) is 0 Å². The fraction of sp³-hybridized carbons (Fsp3) is 0.800. The molecule has 0 saturated carbocycles. The Kier molecular flexibility index (Phi) is 4.70. The number of nitrogens with one attached hydrogen (secondary N) is 2.